The summed E-state index contributed by atoms with van der Waals surface area (Å²) >= 11 is 0. The molecule has 0 bridgehead atoms. The molecular weight excluding hydrogens is 200 g/mol. The fourth-order valence-corrected chi connectivity index (χ4v) is 1.37. The topological polar surface area (TPSA) is 42.0 Å². The maximum Gasteiger partial charge on any atom is 0.270 e. The van der Waals surface area contributed by atoms with E-state index >= 15 is 0 Å². The van der Waals surface area contributed by atoms with Crippen LogP contribution in [0.1, 0.15) is 35.9 Å². The molecule has 16 heavy (non-hydrogen) atoms. The molecule has 1 aromatic rings. The molecule has 84 valence electrons. The lowest BCUT2D eigenvalue weighted by atomic mass is 10.1. The van der Waals surface area contributed by atoms with Gasteiger partial charge < -0.3 is 5.32 Å². The number of terminal acetylenes is 1. The van der Waals surface area contributed by atoms with Crippen LogP contribution in [-0.4, -0.2) is 16.9 Å². The summed E-state index contributed by atoms with van der Waals surface area (Å²) in [5.74, 6) is 2.39. The van der Waals surface area contributed by atoms with Gasteiger partial charge in [0.05, 0.1) is 0 Å². The summed E-state index contributed by atoms with van der Waals surface area (Å²) in [5.41, 5.74) is 1.27. The monoisotopic (exact) mass is 216 g/mol. The molecule has 0 saturated carbocycles. The van der Waals surface area contributed by atoms with E-state index in [0.717, 1.165) is 12.1 Å². The van der Waals surface area contributed by atoms with Gasteiger partial charge >= 0.3 is 0 Å². The van der Waals surface area contributed by atoms with Crippen molar-refractivity contribution in [3.63, 3.8) is 0 Å². The molecule has 3 heteroatoms. The Morgan fingerprint density at radius 2 is 2.38 bits per heavy atom. The van der Waals surface area contributed by atoms with Crippen LogP contribution in [0.2, 0.25) is 0 Å². The van der Waals surface area contributed by atoms with E-state index in [0.29, 0.717) is 12.1 Å². The number of carbonyl (C=O) groups excluding carboxylic acids is 1. The number of nitrogens with zero attached hydrogens (tertiary/aromatic N) is 1. The van der Waals surface area contributed by atoms with Crippen molar-refractivity contribution in [1.29, 1.82) is 0 Å². The second kappa shape index (κ2) is 5.92. The highest BCUT2D eigenvalue weighted by Crippen LogP contribution is 2.01. The molecule has 0 saturated heterocycles. The van der Waals surface area contributed by atoms with Gasteiger partial charge in [-0.2, -0.15) is 0 Å². The molecule has 0 aliphatic rings. The van der Waals surface area contributed by atoms with Gasteiger partial charge in [-0.05, 0) is 25.5 Å². The molecule has 1 heterocycles. The average molecular weight is 216 g/mol. The first kappa shape index (κ1) is 12.3. The number of hydrogen-bond acceptors (Lipinski definition) is 2. The lowest BCUT2D eigenvalue weighted by Gasteiger charge is -2.13. The van der Waals surface area contributed by atoms with Crippen LogP contribution in [-0.2, 0) is 0 Å². The summed E-state index contributed by atoms with van der Waals surface area (Å²) in [6.45, 7) is 3.85. The molecule has 3 nitrogen and oxygen atoms in total. The number of nitrogens with one attached hydrogen (secondary N) is 1. The summed E-state index contributed by atoms with van der Waals surface area (Å²) in [4.78, 5) is 16.0. The molecule has 0 aliphatic heterocycles. The second-order valence-electron chi connectivity index (χ2n) is 3.65. The Morgan fingerprint density at radius 3 is 2.94 bits per heavy atom. The number of rotatable bonds is 4. The van der Waals surface area contributed by atoms with Gasteiger partial charge in [-0.25, -0.2) is 4.98 Å². The Labute approximate surface area is 96.3 Å². The molecule has 0 aliphatic carbocycles. The second-order valence-corrected chi connectivity index (χ2v) is 3.65. The van der Waals surface area contributed by atoms with Crippen molar-refractivity contribution < 1.29 is 4.79 Å². The van der Waals surface area contributed by atoms with Gasteiger partial charge in [0, 0.05) is 18.2 Å². The van der Waals surface area contributed by atoms with Crippen LogP contribution in [0.15, 0.2) is 18.2 Å². The highest BCUT2D eigenvalue weighted by Gasteiger charge is 2.11. The number of hydrogen-bond donors (Lipinski definition) is 1. The molecule has 0 spiro atoms. The van der Waals surface area contributed by atoms with E-state index in [1.165, 1.54) is 0 Å². The van der Waals surface area contributed by atoms with Crippen molar-refractivity contribution in [1.82, 2.24) is 10.3 Å². The van der Waals surface area contributed by atoms with E-state index < -0.39 is 0 Å². The third kappa shape index (κ3) is 3.39. The van der Waals surface area contributed by atoms with Crippen LogP contribution in [0.25, 0.3) is 0 Å². The van der Waals surface area contributed by atoms with Gasteiger partial charge in [0.15, 0.2) is 0 Å². The molecular formula is C13H16N2O. The van der Waals surface area contributed by atoms with Crippen molar-refractivity contribution in [2.75, 3.05) is 0 Å². The van der Waals surface area contributed by atoms with Gasteiger partial charge in [-0.1, -0.05) is 13.0 Å². The highest BCUT2D eigenvalue weighted by atomic mass is 16.1. The van der Waals surface area contributed by atoms with E-state index in [-0.39, 0.29) is 11.9 Å². The van der Waals surface area contributed by atoms with Gasteiger partial charge in [0.2, 0.25) is 0 Å². The van der Waals surface area contributed by atoms with Crippen LogP contribution in [0.4, 0.5) is 0 Å². The van der Waals surface area contributed by atoms with Crippen molar-refractivity contribution in [3.8, 4) is 12.3 Å². The highest BCUT2D eigenvalue weighted by molar-refractivity contribution is 5.92. The van der Waals surface area contributed by atoms with E-state index in [1.54, 1.807) is 6.07 Å². The van der Waals surface area contributed by atoms with Crippen LogP contribution in [0.3, 0.4) is 0 Å². The first-order chi connectivity index (χ1) is 7.67. The predicted octanol–water partition coefficient (Wildman–Crippen LogP) is 1.92. The largest absolute Gasteiger partial charge is 0.347 e. The minimum atomic E-state index is -0.161. The maximum absolute atomic E-state index is 11.8. The van der Waals surface area contributed by atoms with Gasteiger partial charge in [-0.15, -0.1) is 12.3 Å². The Kier molecular flexibility index (Phi) is 4.53. The Hall–Kier alpha value is -1.82. The first-order valence-corrected chi connectivity index (χ1v) is 5.35. The summed E-state index contributed by atoms with van der Waals surface area (Å²) in [6, 6.07) is 5.40. The van der Waals surface area contributed by atoms with Crippen LogP contribution in [0, 0.1) is 19.3 Å². The Bertz CT molecular complexity index is 407. The number of pyridine rings is 1. The third-order valence-electron chi connectivity index (χ3n) is 2.31. The molecule has 1 unspecified atom stereocenters. The summed E-state index contributed by atoms with van der Waals surface area (Å²) < 4.78 is 0. The van der Waals surface area contributed by atoms with Gasteiger partial charge in [-0.3, -0.25) is 4.79 Å². The lowest BCUT2D eigenvalue weighted by molar-refractivity contribution is 0.0931. The minimum Gasteiger partial charge on any atom is -0.347 e. The lowest BCUT2D eigenvalue weighted by Crippen LogP contribution is -2.34. The average Bonchev–Trinajstić information content (AvgIpc) is 2.28. The molecule has 1 amide bonds. The molecule has 1 rings (SSSR count). The third-order valence-corrected chi connectivity index (χ3v) is 2.31. The van der Waals surface area contributed by atoms with E-state index in [4.69, 9.17) is 6.42 Å². The molecule has 1 aromatic heterocycles. The zero-order chi connectivity index (χ0) is 12.0. The fraction of sp³-hybridized carbons (Fsp3) is 0.385. The zero-order valence-corrected chi connectivity index (χ0v) is 9.66. The van der Waals surface area contributed by atoms with Crippen LogP contribution < -0.4 is 5.32 Å². The smallest absolute Gasteiger partial charge is 0.270 e. The van der Waals surface area contributed by atoms with Crippen LogP contribution >= 0.6 is 0 Å². The fourth-order valence-electron chi connectivity index (χ4n) is 1.37. The Morgan fingerprint density at radius 1 is 1.62 bits per heavy atom. The number of aryl methyl sites for hydroxylation is 1. The van der Waals surface area contributed by atoms with E-state index in [1.807, 2.05) is 26.0 Å². The maximum atomic E-state index is 11.8. The van der Waals surface area contributed by atoms with Crippen molar-refractivity contribution >= 4 is 5.91 Å². The molecule has 0 radical (unpaired) electrons. The summed E-state index contributed by atoms with van der Waals surface area (Å²) in [6.07, 6.45) is 6.60. The SMILES string of the molecule is C#CCC(CC)NC(=O)c1cccc(C)n1. The number of aromatic nitrogens is 1. The number of carbonyl (C=O) groups is 1. The van der Waals surface area contributed by atoms with Crippen molar-refractivity contribution in [3.05, 3.63) is 29.6 Å². The van der Waals surface area contributed by atoms with Crippen molar-refractivity contribution in [2.24, 2.45) is 0 Å². The molecule has 1 N–H and O–H groups in total. The van der Waals surface area contributed by atoms with E-state index in [9.17, 15) is 4.79 Å². The summed E-state index contributed by atoms with van der Waals surface area (Å²) in [7, 11) is 0. The molecule has 0 fully saturated rings. The quantitative estimate of drug-likeness (QED) is 0.781. The standard InChI is InChI=1S/C13H16N2O/c1-4-7-11(5-2)15-13(16)12-9-6-8-10(3)14-12/h1,6,8-9,11H,5,7H2,2-3H3,(H,15,16). The van der Waals surface area contributed by atoms with Crippen LogP contribution in [0.5, 0.6) is 0 Å². The van der Waals surface area contributed by atoms with E-state index in [2.05, 4.69) is 16.2 Å². The molecule has 1 atom stereocenters. The number of amides is 1. The first-order valence-electron chi connectivity index (χ1n) is 5.35. The van der Waals surface area contributed by atoms with Crippen molar-refractivity contribution in [2.45, 2.75) is 32.7 Å². The Balaban J connectivity index is 2.68. The summed E-state index contributed by atoms with van der Waals surface area (Å²) in [5, 5.41) is 2.87. The van der Waals surface area contributed by atoms with Gasteiger partial charge in [0.1, 0.15) is 5.69 Å². The van der Waals surface area contributed by atoms with Gasteiger partial charge in [0.25, 0.3) is 5.91 Å². The zero-order valence-electron chi connectivity index (χ0n) is 9.66. The predicted molar refractivity (Wildman–Crippen MR) is 64.0 cm³/mol. The molecule has 0 aromatic carbocycles. The minimum absolute atomic E-state index is 0.0276. The normalized spacial score (nSPS) is 11.6.